The van der Waals surface area contributed by atoms with Crippen LogP contribution in [0.2, 0.25) is 0 Å². The Hall–Kier alpha value is -3.63. The lowest BCUT2D eigenvalue weighted by atomic mass is 9.99. The number of carbonyl (C=O) groups is 1. The lowest BCUT2D eigenvalue weighted by Crippen LogP contribution is -2.49. The molecule has 6 rings (SSSR count). The van der Waals surface area contributed by atoms with Crippen LogP contribution in [0.15, 0.2) is 42.6 Å². The summed E-state index contributed by atoms with van der Waals surface area (Å²) < 4.78 is 8.54. The minimum Gasteiger partial charge on any atom is -0.456 e. The summed E-state index contributed by atoms with van der Waals surface area (Å²) in [5.74, 6) is 2.33. The Morgan fingerprint density at radius 3 is 2.64 bits per heavy atom. The summed E-state index contributed by atoms with van der Waals surface area (Å²) in [6, 6.07) is 14.3. The molecule has 1 atom stereocenters. The van der Waals surface area contributed by atoms with Gasteiger partial charge in [0.25, 0.3) is 0 Å². The first-order valence-electron chi connectivity index (χ1n) is 14.4. The van der Waals surface area contributed by atoms with Gasteiger partial charge in [-0.2, -0.15) is 5.26 Å². The second kappa shape index (κ2) is 12.5. The second-order valence-electron chi connectivity index (χ2n) is 10.9. The van der Waals surface area contributed by atoms with E-state index in [2.05, 4.69) is 39.6 Å². The smallest absolute Gasteiger partial charge is 0.237 e. The predicted octanol–water partition coefficient (Wildman–Crippen LogP) is 5.96. The number of rotatable bonds is 7. The first-order chi connectivity index (χ1) is 19.0. The van der Waals surface area contributed by atoms with Crippen LogP contribution in [0, 0.1) is 18.3 Å². The molecule has 2 aromatic carbocycles. The van der Waals surface area contributed by atoms with E-state index in [1.165, 1.54) is 37.7 Å². The number of carbonyl (C=O) groups excluding carboxylic acids is 1. The Morgan fingerprint density at radius 2 is 1.82 bits per heavy atom. The van der Waals surface area contributed by atoms with E-state index in [4.69, 9.17) is 4.74 Å². The van der Waals surface area contributed by atoms with E-state index in [1.807, 2.05) is 42.3 Å². The van der Waals surface area contributed by atoms with Crippen LogP contribution in [0.1, 0.15) is 79.2 Å². The largest absolute Gasteiger partial charge is 0.456 e. The van der Waals surface area contributed by atoms with Gasteiger partial charge in [0.05, 0.1) is 17.8 Å². The molecule has 0 saturated carbocycles. The zero-order valence-electron chi connectivity index (χ0n) is 23.3. The number of ether oxygens (including phenoxy) is 1. The molecule has 0 N–H and O–H groups in total. The van der Waals surface area contributed by atoms with E-state index < -0.39 is 0 Å². The van der Waals surface area contributed by atoms with Crippen molar-refractivity contribution >= 4 is 5.91 Å². The second-order valence-corrected chi connectivity index (χ2v) is 10.9. The summed E-state index contributed by atoms with van der Waals surface area (Å²) in [6.45, 7) is 8.07. The molecule has 3 aromatic rings. The van der Waals surface area contributed by atoms with Crippen molar-refractivity contribution in [3.8, 4) is 17.6 Å². The molecule has 0 aliphatic carbocycles. The Labute approximate surface area is 232 Å². The third-order valence-electron chi connectivity index (χ3n) is 7.99. The summed E-state index contributed by atoms with van der Waals surface area (Å²) in [7, 11) is 0. The number of hydrogen-bond acceptors (Lipinski definition) is 5. The van der Waals surface area contributed by atoms with Crippen molar-refractivity contribution in [3.63, 3.8) is 0 Å². The number of aromatic nitrogens is 2. The normalized spacial score (nSPS) is 17.0. The highest BCUT2D eigenvalue weighted by atomic mass is 16.5. The van der Waals surface area contributed by atoms with Gasteiger partial charge in [-0.15, -0.1) is 0 Å². The van der Waals surface area contributed by atoms with Crippen LogP contribution in [0.25, 0.3) is 0 Å². The maximum absolute atomic E-state index is 13.3. The standard InChI is InChI=1S/C32H39N5O2/c1-3-4-5-6-7-8-9-26-12-13-30-17-28(26)21-36-15-14-35(23-32(36)38)22-29-19-34-24(2)37(29)20-25-10-11-27(18-33)31(16-25)39-30/h10-13,16-17,19H,3-9,14-15,20-23H2,1-2H3. The molecule has 1 amide bonds. The first kappa shape index (κ1) is 27.0. The lowest BCUT2D eigenvalue weighted by Gasteiger charge is -2.35. The third-order valence-corrected chi connectivity index (χ3v) is 7.99. The van der Waals surface area contributed by atoms with Gasteiger partial charge in [0.1, 0.15) is 23.4 Å². The number of nitriles is 1. The van der Waals surface area contributed by atoms with E-state index in [-0.39, 0.29) is 5.91 Å². The number of fused-ring (bicyclic) bond motifs is 2. The average Bonchev–Trinajstić information content (AvgIpc) is 3.26. The maximum atomic E-state index is 13.3. The summed E-state index contributed by atoms with van der Waals surface area (Å²) in [4.78, 5) is 22.0. The molecular formula is C32H39N5O2. The van der Waals surface area contributed by atoms with Crippen LogP contribution in [0.4, 0.5) is 0 Å². The van der Waals surface area contributed by atoms with E-state index in [1.54, 1.807) is 0 Å². The monoisotopic (exact) mass is 525 g/mol. The highest BCUT2D eigenvalue weighted by Gasteiger charge is 2.26. The molecule has 3 aliphatic heterocycles. The minimum atomic E-state index is 0.157. The molecule has 0 radical (unpaired) electrons. The van der Waals surface area contributed by atoms with Crippen LogP contribution >= 0.6 is 0 Å². The van der Waals surface area contributed by atoms with Crippen molar-refractivity contribution in [2.45, 2.75) is 78.4 Å². The number of nitrogens with zero attached hydrogens (tertiary/aromatic N) is 5. The highest BCUT2D eigenvalue weighted by molar-refractivity contribution is 5.79. The molecule has 7 nitrogen and oxygen atoms in total. The van der Waals surface area contributed by atoms with Crippen molar-refractivity contribution in [1.82, 2.24) is 19.4 Å². The third kappa shape index (κ3) is 6.51. The molecule has 39 heavy (non-hydrogen) atoms. The zero-order chi connectivity index (χ0) is 27.2. The van der Waals surface area contributed by atoms with Crippen LogP contribution < -0.4 is 4.74 Å². The molecule has 4 heterocycles. The molecule has 204 valence electrons. The number of imidazole rings is 1. The summed E-state index contributed by atoms with van der Waals surface area (Å²) in [5, 5.41) is 9.77. The van der Waals surface area contributed by atoms with E-state index >= 15 is 0 Å². The van der Waals surface area contributed by atoms with Gasteiger partial charge in [0.15, 0.2) is 0 Å². The van der Waals surface area contributed by atoms with Gasteiger partial charge in [-0.3, -0.25) is 9.69 Å². The molecule has 1 fully saturated rings. The quantitative estimate of drug-likeness (QED) is 0.356. The Kier molecular flexibility index (Phi) is 8.63. The topological polar surface area (TPSA) is 74.4 Å². The van der Waals surface area contributed by atoms with Crippen molar-refractivity contribution in [2.24, 2.45) is 0 Å². The van der Waals surface area contributed by atoms with Gasteiger partial charge >= 0.3 is 0 Å². The van der Waals surface area contributed by atoms with Crippen molar-refractivity contribution in [1.29, 1.82) is 5.26 Å². The van der Waals surface area contributed by atoms with Crippen LogP contribution in [0.3, 0.4) is 0 Å². The van der Waals surface area contributed by atoms with Crippen LogP contribution in [-0.2, 0) is 30.8 Å². The minimum absolute atomic E-state index is 0.157. The van der Waals surface area contributed by atoms with E-state index in [9.17, 15) is 10.1 Å². The summed E-state index contributed by atoms with van der Waals surface area (Å²) in [6.07, 6.45) is 10.4. The van der Waals surface area contributed by atoms with Gasteiger partial charge < -0.3 is 14.2 Å². The molecule has 0 spiro atoms. The van der Waals surface area contributed by atoms with Gasteiger partial charge in [-0.1, -0.05) is 51.2 Å². The SMILES string of the molecule is CCCCCCCCc1ccc2cc1CN1CCN(CC1=O)Cc1cnc(C)n1Cc1ccc(C#N)c(c1)O2. The first-order valence-corrected chi connectivity index (χ1v) is 14.4. The van der Waals surface area contributed by atoms with E-state index in [0.717, 1.165) is 42.0 Å². The summed E-state index contributed by atoms with van der Waals surface area (Å²) >= 11 is 0. The van der Waals surface area contributed by atoms with Gasteiger partial charge in [-0.05, 0) is 60.7 Å². The van der Waals surface area contributed by atoms with Crippen LogP contribution in [0.5, 0.6) is 11.5 Å². The Balaban J connectivity index is 1.47. The predicted molar refractivity (Wildman–Crippen MR) is 152 cm³/mol. The number of aryl methyl sites for hydroxylation is 2. The number of unbranched alkanes of at least 4 members (excludes halogenated alkanes) is 5. The number of amides is 1. The van der Waals surface area contributed by atoms with Crippen LogP contribution in [-0.4, -0.2) is 44.9 Å². The van der Waals surface area contributed by atoms with Gasteiger partial charge in [0, 0.05) is 38.9 Å². The van der Waals surface area contributed by atoms with E-state index in [0.29, 0.717) is 49.8 Å². The fourth-order valence-corrected chi connectivity index (χ4v) is 5.66. The molecule has 7 heteroatoms. The molecular weight excluding hydrogens is 486 g/mol. The molecule has 1 saturated heterocycles. The average molecular weight is 526 g/mol. The van der Waals surface area contributed by atoms with Crippen molar-refractivity contribution in [3.05, 3.63) is 76.4 Å². The van der Waals surface area contributed by atoms with Crippen molar-refractivity contribution in [2.75, 3.05) is 19.6 Å². The fourth-order valence-electron chi connectivity index (χ4n) is 5.66. The fraction of sp³-hybridized carbons (Fsp3) is 0.469. The lowest BCUT2D eigenvalue weighted by molar-refractivity contribution is -0.136. The zero-order valence-corrected chi connectivity index (χ0v) is 23.3. The molecule has 6 bridgehead atoms. The Morgan fingerprint density at radius 1 is 0.974 bits per heavy atom. The molecule has 3 aliphatic rings. The van der Waals surface area contributed by atoms with Gasteiger partial charge in [0.2, 0.25) is 5.91 Å². The molecule has 1 aromatic heterocycles. The molecule has 1 unspecified atom stereocenters. The number of benzene rings is 2. The van der Waals surface area contributed by atoms with Gasteiger partial charge in [-0.25, -0.2) is 4.98 Å². The van der Waals surface area contributed by atoms with Crippen molar-refractivity contribution < 1.29 is 9.53 Å². The Bertz CT molecular complexity index is 1360. The summed E-state index contributed by atoms with van der Waals surface area (Å²) in [5.41, 5.74) is 5.05. The highest BCUT2D eigenvalue weighted by Crippen LogP contribution is 2.30. The maximum Gasteiger partial charge on any atom is 0.237 e. The number of piperazine rings is 1. The number of hydrogen-bond donors (Lipinski definition) is 0.